The molecule has 0 amide bonds. The number of unbranched alkanes of at least 4 members (excludes halogenated alkanes) is 13. The van der Waals surface area contributed by atoms with Crippen LogP contribution in [0.1, 0.15) is 144 Å². The first-order valence-electron chi connectivity index (χ1n) is 14.0. The maximum atomic E-state index is 12.5. The van der Waals surface area contributed by atoms with Gasteiger partial charge in [0.15, 0.2) is 0 Å². The number of hydrogen-bond acceptors (Lipinski definition) is 4. The first-order valence-corrected chi connectivity index (χ1v) is 14.0. The molecule has 0 aliphatic rings. The van der Waals surface area contributed by atoms with Gasteiger partial charge in [-0.1, -0.05) is 123 Å². The van der Waals surface area contributed by atoms with Crippen molar-refractivity contribution in [3.63, 3.8) is 0 Å². The van der Waals surface area contributed by atoms with E-state index in [9.17, 15) is 9.59 Å². The van der Waals surface area contributed by atoms with Gasteiger partial charge < -0.3 is 9.47 Å². The number of carbonyl (C=O) groups is 2. The first kappa shape index (κ1) is 30.2. The molecular formula is C30H50O4. The van der Waals surface area contributed by atoms with Gasteiger partial charge in [0.05, 0.1) is 24.3 Å². The van der Waals surface area contributed by atoms with Crippen molar-refractivity contribution >= 4 is 11.9 Å². The van der Waals surface area contributed by atoms with Crippen LogP contribution < -0.4 is 0 Å². The molecule has 0 spiro atoms. The Hall–Kier alpha value is -1.84. The Balaban J connectivity index is 2.20. The molecule has 0 N–H and O–H groups in total. The van der Waals surface area contributed by atoms with Crippen molar-refractivity contribution in [2.24, 2.45) is 5.92 Å². The van der Waals surface area contributed by atoms with Crippen LogP contribution in [0, 0.1) is 5.92 Å². The van der Waals surface area contributed by atoms with Crippen molar-refractivity contribution in [3.8, 4) is 0 Å². The average Bonchev–Trinajstić information content (AvgIpc) is 2.83. The molecule has 0 bridgehead atoms. The van der Waals surface area contributed by atoms with Gasteiger partial charge >= 0.3 is 11.9 Å². The van der Waals surface area contributed by atoms with Gasteiger partial charge in [-0.15, -0.1) is 0 Å². The monoisotopic (exact) mass is 474 g/mol. The van der Waals surface area contributed by atoms with Crippen LogP contribution >= 0.6 is 0 Å². The van der Waals surface area contributed by atoms with Crippen molar-refractivity contribution in [1.29, 1.82) is 0 Å². The van der Waals surface area contributed by atoms with E-state index in [1.807, 2.05) is 0 Å². The predicted octanol–water partition coefficient (Wildman–Crippen LogP) is 8.92. The van der Waals surface area contributed by atoms with Crippen LogP contribution in [0.4, 0.5) is 0 Å². The van der Waals surface area contributed by atoms with Crippen LogP contribution in [-0.4, -0.2) is 25.2 Å². The van der Waals surface area contributed by atoms with Crippen molar-refractivity contribution in [2.45, 2.75) is 124 Å². The van der Waals surface area contributed by atoms with E-state index in [0.717, 1.165) is 31.6 Å². The summed E-state index contributed by atoms with van der Waals surface area (Å²) in [5.74, 6) is -0.0875. The fraction of sp³-hybridized carbons (Fsp3) is 0.733. The van der Waals surface area contributed by atoms with E-state index in [-0.39, 0.29) is 0 Å². The number of rotatable bonds is 21. The molecule has 0 fully saturated rings. The fourth-order valence-corrected chi connectivity index (χ4v) is 4.10. The van der Waals surface area contributed by atoms with Crippen LogP contribution in [0.5, 0.6) is 0 Å². The van der Waals surface area contributed by atoms with E-state index in [4.69, 9.17) is 9.47 Å². The van der Waals surface area contributed by atoms with Gasteiger partial charge in [-0.25, -0.2) is 9.59 Å². The minimum Gasteiger partial charge on any atom is -0.462 e. The van der Waals surface area contributed by atoms with Gasteiger partial charge in [-0.05, 0) is 30.9 Å². The number of esters is 2. The van der Waals surface area contributed by atoms with E-state index >= 15 is 0 Å². The van der Waals surface area contributed by atoms with E-state index in [2.05, 4.69) is 20.8 Å². The standard InChI is InChI=1S/C30H50O4/c1-4-5-6-7-8-9-11-14-19-24-33-29(31)27-22-17-18-23-28(27)30(32)34-25-20-15-12-10-13-16-21-26(2)3/h17-18,22-23,26H,4-16,19-21,24-25H2,1-3H3. The van der Waals surface area contributed by atoms with Gasteiger partial charge in [0.25, 0.3) is 0 Å². The maximum absolute atomic E-state index is 12.5. The number of benzene rings is 1. The molecule has 4 heteroatoms. The zero-order valence-electron chi connectivity index (χ0n) is 22.2. The normalized spacial score (nSPS) is 11.1. The lowest BCUT2D eigenvalue weighted by Crippen LogP contribution is -2.15. The molecule has 1 rings (SSSR count). The Morgan fingerprint density at radius 2 is 1.00 bits per heavy atom. The third-order valence-electron chi connectivity index (χ3n) is 6.26. The van der Waals surface area contributed by atoms with Crippen LogP contribution in [0.3, 0.4) is 0 Å². The third-order valence-corrected chi connectivity index (χ3v) is 6.26. The molecule has 1 aromatic rings. The SMILES string of the molecule is CCCCCCCCCCCOC(=O)c1ccccc1C(=O)OCCCCCCCCC(C)C. The van der Waals surface area contributed by atoms with Crippen molar-refractivity contribution in [1.82, 2.24) is 0 Å². The summed E-state index contributed by atoms with van der Waals surface area (Å²) in [7, 11) is 0. The van der Waals surface area contributed by atoms with Gasteiger partial charge in [-0.2, -0.15) is 0 Å². The number of carbonyl (C=O) groups excluding carboxylic acids is 2. The lowest BCUT2D eigenvalue weighted by Gasteiger charge is -2.10. The zero-order valence-corrected chi connectivity index (χ0v) is 22.2. The van der Waals surface area contributed by atoms with Crippen LogP contribution in [0.2, 0.25) is 0 Å². The summed E-state index contributed by atoms with van der Waals surface area (Å²) in [6.07, 6.45) is 19.2. The summed E-state index contributed by atoms with van der Waals surface area (Å²) in [6, 6.07) is 6.80. The molecule has 0 aliphatic carbocycles. The Morgan fingerprint density at radius 1 is 0.618 bits per heavy atom. The molecule has 0 unspecified atom stereocenters. The van der Waals surface area contributed by atoms with E-state index in [1.165, 1.54) is 77.0 Å². The van der Waals surface area contributed by atoms with Crippen molar-refractivity contribution in [3.05, 3.63) is 35.4 Å². The quantitative estimate of drug-likeness (QED) is 0.132. The molecule has 194 valence electrons. The molecule has 34 heavy (non-hydrogen) atoms. The summed E-state index contributed by atoms with van der Waals surface area (Å²) in [6.45, 7) is 7.57. The molecule has 0 saturated heterocycles. The second-order valence-electron chi connectivity index (χ2n) is 9.95. The third kappa shape index (κ3) is 15.1. The summed E-state index contributed by atoms with van der Waals surface area (Å²) in [4.78, 5) is 25.0. The highest BCUT2D eigenvalue weighted by molar-refractivity contribution is 6.03. The minimum atomic E-state index is -0.437. The highest BCUT2D eigenvalue weighted by atomic mass is 16.5. The Labute approximate surface area is 209 Å². The molecule has 0 atom stereocenters. The Kier molecular flexibility index (Phi) is 18.2. The minimum absolute atomic E-state index is 0.299. The molecule has 4 nitrogen and oxygen atoms in total. The van der Waals surface area contributed by atoms with Crippen molar-refractivity contribution in [2.75, 3.05) is 13.2 Å². The van der Waals surface area contributed by atoms with Gasteiger partial charge in [0.2, 0.25) is 0 Å². The van der Waals surface area contributed by atoms with E-state index in [0.29, 0.717) is 24.3 Å². The van der Waals surface area contributed by atoms with Gasteiger partial charge in [0.1, 0.15) is 0 Å². The molecule has 0 aromatic heterocycles. The molecular weight excluding hydrogens is 424 g/mol. The van der Waals surface area contributed by atoms with Crippen LogP contribution in [-0.2, 0) is 9.47 Å². The summed E-state index contributed by atoms with van der Waals surface area (Å²) in [5.41, 5.74) is 0.599. The Morgan fingerprint density at radius 3 is 1.41 bits per heavy atom. The van der Waals surface area contributed by atoms with E-state index < -0.39 is 11.9 Å². The molecule has 1 aromatic carbocycles. The number of hydrogen-bond donors (Lipinski definition) is 0. The highest BCUT2D eigenvalue weighted by Crippen LogP contribution is 2.15. The van der Waals surface area contributed by atoms with Crippen molar-refractivity contribution < 1.29 is 19.1 Å². The topological polar surface area (TPSA) is 52.6 Å². The van der Waals surface area contributed by atoms with Crippen LogP contribution in [0.15, 0.2) is 24.3 Å². The first-order chi connectivity index (χ1) is 16.6. The molecule has 0 radical (unpaired) electrons. The van der Waals surface area contributed by atoms with Gasteiger partial charge in [-0.3, -0.25) is 0 Å². The lowest BCUT2D eigenvalue weighted by molar-refractivity contribution is 0.0450. The zero-order chi connectivity index (χ0) is 24.9. The summed E-state index contributed by atoms with van der Waals surface area (Å²) < 4.78 is 10.9. The predicted molar refractivity (Wildman–Crippen MR) is 141 cm³/mol. The summed E-state index contributed by atoms with van der Waals surface area (Å²) in [5, 5.41) is 0. The smallest absolute Gasteiger partial charge is 0.339 e. The lowest BCUT2D eigenvalue weighted by atomic mass is 10.0. The Bertz CT molecular complexity index is 653. The largest absolute Gasteiger partial charge is 0.462 e. The summed E-state index contributed by atoms with van der Waals surface area (Å²) >= 11 is 0. The highest BCUT2D eigenvalue weighted by Gasteiger charge is 2.18. The van der Waals surface area contributed by atoms with E-state index in [1.54, 1.807) is 24.3 Å². The second-order valence-corrected chi connectivity index (χ2v) is 9.95. The molecule has 0 saturated carbocycles. The average molecular weight is 475 g/mol. The molecule has 0 heterocycles. The maximum Gasteiger partial charge on any atom is 0.339 e. The fourth-order valence-electron chi connectivity index (χ4n) is 4.10. The second kappa shape index (κ2) is 20.5. The molecule has 0 aliphatic heterocycles. The van der Waals surface area contributed by atoms with Gasteiger partial charge in [0, 0.05) is 0 Å². The number of ether oxygens (including phenoxy) is 2. The van der Waals surface area contributed by atoms with Crippen LogP contribution in [0.25, 0.3) is 0 Å².